The summed E-state index contributed by atoms with van der Waals surface area (Å²) in [6.07, 6.45) is -25.5. The first kappa shape index (κ1) is 55.9. The van der Waals surface area contributed by atoms with Gasteiger partial charge in [0.15, 0.2) is 17.1 Å². The van der Waals surface area contributed by atoms with Gasteiger partial charge in [0.05, 0.1) is 39.8 Å². The van der Waals surface area contributed by atoms with Crippen LogP contribution in [0, 0.1) is 0 Å². The van der Waals surface area contributed by atoms with E-state index in [0.717, 1.165) is 0 Å². The predicted molar refractivity (Wildman–Crippen MR) is 233 cm³/mol. The van der Waals surface area contributed by atoms with Gasteiger partial charge < -0.3 is 114 Å². The fraction of sp³-hybridized carbons (Fsp3) is 0.543. The third kappa shape index (κ3) is 13.6. The van der Waals surface area contributed by atoms with Crippen LogP contribution in [0.5, 0.6) is 23.0 Å². The van der Waals surface area contributed by atoms with E-state index in [0.29, 0.717) is 11.1 Å². The van der Waals surface area contributed by atoms with E-state index in [-0.39, 0.29) is 28.6 Å². The Kier molecular flexibility index (Phi) is 19.5. The Morgan fingerprint density at radius 1 is 0.472 bits per heavy atom. The van der Waals surface area contributed by atoms with Gasteiger partial charge in [-0.05, 0) is 53.1 Å². The zero-order valence-corrected chi connectivity index (χ0v) is 38.3. The van der Waals surface area contributed by atoms with Crippen LogP contribution in [0.25, 0.3) is 0 Å². The van der Waals surface area contributed by atoms with Crippen LogP contribution in [0.4, 0.5) is 0 Å². The van der Waals surface area contributed by atoms with Crippen molar-refractivity contribution in [3.8, 4) is 23.0 Å². The first-order valence-corrected chi connectivity index (χ1v) is 22.3. The molecule has 6 rings (SSSR count). The number of hydrogen-bond acceptors (Lipinski definition) is 26. The van der Waals surface area contributed by atoms with Crippen molar-refractivity contribution >= 4 is 17.9 Å². The van der Waals surface area contributed by atoms with Crippen LogP contribution < -0.4 is 18.9 Å². The third-order valence-corrected chi connectivity index (χ3v) is 11.8. The van der Waals surface area contributed by atoms with Crippen LogP contribution in [-0.2, 0) is 62.6 Å². The van der Waals surface area contributed by atoms with Crippen LogP contribution in [-0.4, -0.2) is 209 Å². The topological polar surface area (TPSA) is 407 Å². The third-order valence-electron chi connectivity index (χ3n) is 11.8. The number of methoxy groups -OCH3 is 1. The Hall–Kier alpha value is -5.37. The molecule has 0 spiro atoms. The van der Waals surface area contributed by atoms with Gasteiger partial charge in [-0.1, -0.05) is 30.3 Å². The normalized spacial score (nSPS) is 31.3. The minimum absolute atomic E-state index is 0.0211. The first-order chi connectivity index (χ1) is 34.3. The number of ether oxygens (including phenoxy) is 10. The van der Waals surface area contributed by atoms with Gasteiger partial charge in [0.25, 0.3) is 0 Å². The number of rotatable bonds is 21. The van der Waals surface area contributed by atoms with Gasteiger partial charge in [-0.2, -0.15) is 0 Å². The Balaban J connectivity index is 1.09. The van der Waals surface area contributed by atoms with E-state index in [2.05, 4.69) is 0 Å². The highest BCUT2D eigenvalue weighted by molar-refractivity contribution is 5.90. The summed E-state index contributed by atoms with van der Waals surface area (Å²) >= 11 is 0. The van der Waals surface area contributed by atoms with Gasteiger partial charge in [-0.3, -0.25) is 9.59 Å². The molecule has 398 valence electrons. The van der Waals surface area contributed by atoms with Gasteiger partial charge in [-0.25, -0.2) is 4.79 Å². The number of carbonyl (C=O) groups excluding carboxylic acids is 3. The quantitative estimate of drug-likeness (QED) is 0.0352. The highest BCUT2D eigenvalue weighted by Crippen LogP contribution is 2.33. The Bertz CT molecular complexity index is 2230. The van der Waals surface area contributed by atoms with E-state index in [1.54, 1.807) is 0 Å². The molecular weight excluding hydrogens is 968 g/mol. The molecule has 3 aliphatic heterocycles. The molecule has 0 bridgehead atoms. The number of carbonyl (C=O) groups is 3. The summed E-state index contributed by atoms with van der Waals surface area (Å²) in [5, 5.41) is 132. The Morgan fingerprint density at radius 2 is 0.833 bits per heavy atom. The minimum Gasteiger partial charge on any atom is -0.493 e. The second-order valence-electron chi connectivity index (χ2n) is 17.0. The van der Waals surface area contributed by atoms with E-state index < -0.39 is 168 Å². The van der Waals surface area contributed by atoms with Crippen molar-refractivity contribution in [2.45, 2.75) is 130 Å². The van der Waals surface area contributed by atoms with Gasteiger partial charge in [0.1, 0.15) is 105 Å². The van der Waals surface area contributed by atoms with E-state index in [9.17, 15) is 80.8 Å². The van der Waals surface area contributed by atoms with Crippen molar-refractivity contribution in [1.29, 1.82) is 0 Å². The standard InChI is InChI=1S/C46H58O26/c1-63-27-12-23(6-11-26(27)69-44-41(60)38(57)35(54)30(17-49)72-44)20-65-32(51)14-46(62,45(61)66-19-22-4-9-25(10-5-22)68-43-40(59)37(56)34(53)29(16-48)71-43)13-31(50)64-18-21-2-7-24(8-3-21)67-42-39(58)36(55)33(52)28(15-47)70-42/h2-12,28-30,33-44,47-49,52-60,62H,13-20H2,1H3/t28-,29-,30-,33-,34-,35-,36+,37+,38+,39-,40-,41-,42-,43-,44-,46?/m1/s1. The van der Waals surface area contributed by atoms with Crippen LogP contribution in [0.1, 0.15) is 29.5 Å². The van der Waals surface area contributed by atoms with E-state index in [1.165, 1.54) is 73.8 Å². The van der Waals surface area contributed by atoms with Crippen molar-refractivity contribution < 1.29 is 128 Å². The molecule has 0 radical (unpaired) electrons. The maximum absolute atomic E-state index is 13.6. The zero-order valence-electron chi connectivity index (χ0n) is 38.3. The summed E-state index contributed by atoms with van der Waals surface area (Å²) in [6, 6.07) is 15.3. The zero-order chi connectivity index (χ0) is 52.4. The number of hydrogen-bond donors (Lipinski definition) is 13. The van der Waals surface area contributed by atoms with Gasteiger partial charge in [0, 0.05) is 0 Å². The Morgan fingerprint density at radius 3 is 1.22 bits per heavy atom. The maximum Gasteiger partial charge on any atom is 0.339 e. The fourth-order valence-electron chi connectivity index (χ4n) is 7.51. The summed E-state index contributed by atoms with van der Waals surface area (Å²) < 4.78 is 54.2. The molecule has 0 saturated carbocycles. The van der Waals surface area contributed by atoms with Crippen molar-refractivity contribution in [3.05, 3.63) is 83.4 Å². The molecule has 3 heterocycles. The van der Waals surface area contributed by atoms with Crippen LogP contribution in [0.2, 0.25) is 0 Å². The van der Waals surface area contributed by atoms with Crippen LogP contribution in [0.3, 0.4) is 0 Å². The molecule has 1 unspecified atom stereocenters. The lowest BCUT2D eigenvalue weighted by atomic mass is 9.95. The minimum atomic E-state index is -2.88. The molecule has 0 aliphatic carbocycles. The average Bonchev–Trinajstić information content (AvgIpc) is 3.37. The second-order valence-corrected chi connectivity index (χ2v) is 17.0. The lowest BCUT2D eigenvalue weighted by Gasteiger charge is -2.39. The lowest BCUT2D eigenvalue weighted by Crippen LogP contribution is -2.60. The molecule has 3 fully saturated rings. The molecular formula is C46H58O26. The second kappa shape index (κ2) is 25.0. The fourth-order valence-corrected chi connectivity index (χ4v) is 7.51. The molecule has 0 aromatic heterocycles. The largest absolute Gasteiger partial charge is 0.493 e. The molecule has 3 aliphatic rings. The summed E-state index contributed by atoms with van der Waals surface area (Å²) in [6.45, 7) is -3.49. The number of aliphatic hydroxyl groups excluding tert-OH is 12. The SMILES string of the molecule is COc1cc(COC(=O)CC(O)(CC(=O)OCc2ccc(O[C@@H]3O[C@H](CO)[C@@H](O)[C@H](O)[C@H]3O)cc2)C(=O)OCc2ccc(O[C@@H]3O[C@H](CO)[C@@H](O)[C@H](O)[C@H]3O)cc2)ccc1O[C@@H]1O[C@H](CO)[C@@H](O)[C@H](O)[C@H]1O. The lowest BCUT2D eigenvalue weighted by molar-refractivity contribution is -0.277. The van der Waals surface area contributed by atoms with Crippen LogP contribution in [0.15, 0.2) is 66.7 Å². The maximum atomic E-state index is 13.6. The highest BCUT2D eigenvalue weighted by Gasteiger charge is 2.48. The summed E-state index contributed by atoms with van der Waals surface area (Å²) in [5.74, 6) is -3.61. The molecule has 26 nitrogen and oxygen atoms in total. The monoisotopic (exact) mass is 1030 g/mol. The Labute approximate surface area is 409 Å². The molecule has 0 amide bonds. The van der Waals surface area contributed by atoms with Crippen molar-refractivity contribution in [1.82, 2.24) is 0 Å². The van der Waals surface area contributed by atoms with Crippen LogP contribution >= 0.6 is 0 Å². The molecule has 3 aromatic rings. The van der Waals surface area contributed by atoms with E-state index >= 15 is 0 Å². The van der Waals surface area contributed by atoms with Crippen molar-refractivity contribution in [2.75, 3.05) is 26.9 Å². The number of aliphatic hydroxyl groups is 13. The van der Waals surface area contributed by atoms with E-state index in [1.807, 2.05) is 0 Å². The predicted octanol–water partition coefficient (Wildman–Crippen LogP) is -4.73. The molecule has 3 aromatic carbocycles. The smallest absolute Gasteiger partial charge is 0.339 e. The van der Waals surface area contributed by atoms with Crippen molar-refractivity contribution in [3.63, 3.8) is 0 Å². The molecule has 72 heavy (non-hydrogen) atoms. The molecule has 16 atom stereocenters. The van der Waals surface area contributed by atoms with Gasteiger partial charge in [0.2, 0.25) is 18.9 Å². The summed E-state index contributed by atoms with van der Waals surface area (Å²) in [5.41, 5.74) is -1.96. The summed E-state index contributed by atoms with van der Waals surface area (Å²) in [7, 11) is 1.26. The first-order valence-electron chi connectivity index (χ1n) is 22.3. The highest BCUT2D eigenvalue weighted by atomic mass is 16.7. The number of esters is 3. The van der Waals surface area contributed by atoms with Gasteiger partial charge in [-0.15, -0.1) is 0 Å². The molecule has 13 N–H and O–H groups in total. The molecule has 3 saturated heterocycles. The summed E-state index contributed by atoms with van der Waals surface area (Å²) in [4.78, 5) is 40.2. The van der Waals surface area contributed by atoms with E-state index in [4.69, 9.17) is 47.4 Å². The van der Waals surface area contributed by atoms with Crippen molar-refractivity contribution in [2.24, 2.45) is 0 Å². The molecule has 26 heteroatoms. The van der Waals surface area contributed by atoms with Gasteiger partial charge >= 0.3 is 17.9 Å². The number of benzene rings is 3. The average molecular weight is 1030 g/mol.